The quantitative estimate of drug-likeness (QED) is 0.525. The first kappa shape index (κ1) is 20.5. The maximum atomic E-state index is 12.7. The molecule has 0 unspecified atom stereocenters. The summed E-state index contributed by atoms with van der Waals surface area (Å²) in [6.45, 7) is -0.565. The number of fused-ring (bicyclic) bond motifs is 1. The van der Waals surface area contributed by atoms with Gasteiger partial charge in [0, 0.05) is 19.3 Å². The highest BCUT2D eigenvalue weighted by Crippen LogP contribution is 2.36. The first-order chi connectivity index (χ1) is 12.9. The fourth-order valence-corrected chi connectivity index (χ4v) is 3.04. The Hall–Kier alpha value is -2.27. The van der Waals surface area contributed by atoms with Crippen molar-refractivity contribution >= 4 is 40.7 Å². The lowest BCUT2D eigenvalue weighted by atomic mass is 10.1. The Morgan fingerprint density at radius 1 is 1.07 bits per heavy atom. The van der Waals surface area contributed by atoms with Crippen LogP contribution in [0.25, 0.3) is 0 Å². The molecule has 1 N–H and O–H groups in total. The van der Waals surface area contributed by atoms with E-state index in [1.54, 1.807) is 0 Å². The molecule has 0 saturated heterocycles. The van der Waals surface area contributed by atoms with Crippen LogP contribution in [-0.4, -0.2) is 27.0 Å². The second-order valence-corrected chi connectivity index (χ2v) is 6.55. The largest absolute Gasteiger partial charge is 0.471 e. The van der Waals surface area contributed by atoms with Gasteiger partial charge >= 0.3 is 18.3 Å². The van der Waals surface area contributed by atoms with E-state index in [4.69, 9.17) is 23.2 Å². The van der Waals surface area contributed by atoms with Crippen molar-refractivity contribution in [3.05, 3.63) is 45.2 Å². The van der Waals surface area contributed by atoms with Gasteiger partial charge in [0.25, 0.3) is 0 Å². The molecule has 5 nitrogen and oxygen atoms in total. The van der Waals surface area contributed by atoms with E-state index in [2.05, 4.69) is 15.3 Å². The summed E-state index contributed by atoms with van der Waals surface area (Å²) in [5, 5.41) is 1.79. The van der Waals surface area contributed by atoms with Gasteiger partial charge in [0.2, 0.25) is 5.95 Å². The predicted octanol–water partition coefficient (Wildman–Crippen LogP) is 4.95. The zero-order valence-corrected chi connectivity index (χ0v) is 14.9. The van der Waals surface area contributed by atoms with Crippen molar-refractivity contribution in [3.8, 4) is 0 Å². The van der Waals surface area contributed by atoms with Gasteiger partial charge < -0.3 is 10.2 Å². The van der Waals surface area contributed by atoms with Gasteiger partial charge in [-0.1, -0.05) is 23.2 Å². The summed E-state index contributed by atoms with van der Waals surface area (Å²) >= 11 is 11.6. The average molecular weight is 445 g/mol. The van der Waals surface area contributed by atoms with Gasteiger partial charge in [0.1, 0.15) is 10.7 Å². The van der Waals surface area contributed by atoms with E-state index in [9.17, 15) is 31.1 Å². The summed E-state index contributed by atoms with van der Waals surface area (Å²) in [4.78, 5) is 19.0. The van der Waals surface area contributed by atoms with Gasteiger partial charge in [0.05, 0.1) is 10.7 Å². The molecule has 1 aromatic heterocycles. The van der Waals surface area contributed by atoms with Crippen LogP contribution in [0.2, 0.25) is 10.2 Å². The zero-order chi connectivity index (χ0) is 20.9. The maximum Gasteiger partial charge on any atom is 0.471 e. The molecule has 1 aromatic carbocycles. The van der Waals surface area contributed by atoms with Gasteiger partial charge in [-0.15, -0.1) is 0 Å². The number of anilines is 2. The van der Waals surface area contributed by atoms with E-state index < -0.39 is 29.0 Å². The minimum absolute atomic E-state index is 0.0553. The highest BCUT2D eigenvalue weighted by atomic mass is 35.5. The Labute approximate surface area is 163 Å². The Morgan fingerprint density at radius 2 is 1.68 bits per heavy atom. The topological polar surface area (TPSA) is 58.1 Å². The van der Waals surface area contributed by atoms with Crippen molar-refractivity contribution in [1.82, 2.24) is 14.9 Å². The van der Waals surface area contributed by atoms with Crippen LogP contribution in [-0.2, 0) is 24.1 Å². The number of carbonyl (C=O) groups is 1. The van der Waals surface area contributed by atoms with E-state index >= 15 is 0 Å². The molecule has 2 aromatic rings. The maximum absolute atomic E-state index is 12.7. The van der Waals surface area contributed by atoms with Gasteiger partial charge in [-0.05, 0) is 23.3 Å². The van der Waals surface area contributed by atoms with Crippen LogP contribution in [0.5, 0.6) is 0 Å². The van der Waals surface area contributed by atoms with Gasteiger partial charge in [-0.3, -0.25) is 4.79 Å². The Balaban J connectivity index is 1.83. The van der Waals surface area contributed by atoms with Crippen LogP contribution in [0.4, 0.5) is 38.0 Å². The molecule has 0 aliphatic carbocycles. The van der Waals surface area contributed by atoms with Crippen molar-refractivity contribution in [2.24, 2.45) is 0 Å². The number of nitrogens with one attached hydrogen (secondary N) is 1. The highest BCUT2D eigenvalue weighted by Gasteiger charge is 2.44. The average Bonchev–Trinajstić information content (AvgIpc) is 2.95. The molecule has 0 radical (unpaired) electrons. The highest BCUT2D eigenvalue weighted by molar-refractivity contribution is 6.33. The third-order valence-electron chi connectivity index (χ3n) is 3.84. The molecule has 3 rings (SSSR count). The van der Waals surface area contributed by atoms with Crippen molar-refractivity contribution in [3.63, 3.8) is 0 Å². The zero-order valence-electron chi connectivity index (χ0n) is 13.4. The molecule has 1 aliphatic heterocycles. The Morgan fingerprint density at radius 3 is 2.21 bits per heavy atom. The smallest absolute Gasteiger partial charge is 0.326 e. The second kappa shape index (κ2) is 6.96. The van der Waals surface area contributed by atoms with Crippen LogP contribution in [0.3, 0.4) is 0 Å². The van der Waals surface area contributed by atoms with Crippen LogP contribution in [0, 0.1) is 0 Å². The predicted molar refractivity (Wildman–Crippen MR) is 87.1 cm³/mol. The summed E-state index contributed by atoms with van der Waals surface area (Å²) in [7, 11) is 0. The number of hydrogen-bond acceptors (Lipinski definition) is 4. The standard InChI is InChI=1S/C15H8Cl2F6N4O/c16-9-1-6-4-27(12(28)15(21,22)23)5-7(6)2-10(9)25-13-24-3-8(11(17)26-13)14(18,19)20/h1-3H,4-5H2,(H,24,25,26). The Kier molecular flexibility index (Phi) is 5.09. The molecule has 2 heterocycles. The first-order valence-corrected chi connectivity index (χ1v) is 8.16. The number of hydrogen-bond donors (Lipinski definition) is 1. The Bertz CT molecular complexity index is 947. The molecular weight excluding hydrogens is 437 g/mol. The van der Waals surface area contributed by atoms with Gasteiger partial charge in [-0.25, -0.2) is 9.97 Å². The normalized spacial score (nSPS) is 14.2. The number of nitrogens with zero attached hydrogens (tertiary/aromatic N) is 3. The van der Waals surface area contributed by atoms with Crippen molar-refractivity contribution < 1.29 is 31.1 Å². The molecule has 0 atom stereocenters. The minimum Gasteiger partial charge on any atom is -0.326 e. The third kappa shape index (κ3) is 4.09. The van der Waals surface area contributed by atoms with Crippen molar-refractivity contribution in [2.75, 3.05) is 5.32 Å². The van der Waals surface area contributed by atoms with E-state index in [1.165, 1.54) is 12.1 Å². The number of alkyl halides is 6. The van der Waals surface area contributed by atoms with E-state index in [0.29, 0.717) is 22.2 Å². The van der Waals surface area contributed by atoms with Crippen LogP contribution in [0.1, 0.15) is 16.7 Å². The van der Waals surface area contributed by atoms with Crippen LogP contribution in [0.15, 0.2) is 18.3 Å². The molecule has 0 fully saturated rings. The van der Waals surface area contributed by atoms with Gasteiger partial charge in [-0.2, -0.15) is 26.3 Å². The lowest BCUT2D eigenvalue weighted by molar-refractivity contribution is -0.186. The van der Waals surface area contributed by atoms with E-state index in [-0.39, 0.29) is 29.7 Å². The first-order valence-electron chi connectivity index (χ1n) is 7.40. The third-order valence-corrected chi connectivity index (χ3v) is 4.44. The molecule has 13 heteroatoms. The second-order valence-electron chi connectivity index (χ2n) is 5.78. The minimum atomic E-state index is -5.00. The monoisotopic (exact) mass is 444 g/mol. The number of amides is 1. The molecule has 150 valence electrons. The summed E-state index contributed by atoms with van der Waals surface area (Å²) in [5.41, 5.74) is -0.277. The van der Waals surface area contributed by atoms with Crippen molar-refractivity contribution in [2.45, 2.75) is 25.4 Å². The summed E-state index contributed by atoms with van der Waals surface area (Å²) < 4.78 is 75.8. The number of carbonyl (C=O) groups excluding carboxylic acids is 1. The van der Waals surface area contributed by atoms with Crippen LogP contribution < -0.4 is 5.32 Å². The van der Waals surface area contributed by atoms with Crippen LogP contribution >= 0.6 is 23.2 Å². The summed E-state index contributed by atoms with van der Waals surface area (Å²) in [6, 6.07) is 2.73. The molecule has 28 heavy (non-hydrogen) atoms. The number of benzene rings is 1. The molecule has 0 saturated carbocycles. The van der Waals surface area contributed by atoms with E-state index in [0.717, 1.165) is 0 Å². The van der Waals surface area contributed by atoms with Crippen molar-refractivity contribution in [1.29, 1.82) is 0 Å². The molecule has 0 bridgehead atoms. The molecule has 1 aliphatic rings. The molecule has 1 amide bonds. The summed E-state index contributed by atoms with van der Waals surface area (Å²) in [6.07, 6.45) is -9.24. The number of rotatable bonds is 2. The lowest BCUT2D eigenvalue weighted by Crippen LogP contribution is -2.37. The fraction of sp³-hybridized carbons (Fsp3) is 0.267. The lowest BCUT2D eigenvalue weighted by Gasteiger charge is -2.16. The number of halogens is 8. The number of aromatic nitrogens is 2. The van der Waals surface area contributed by atoms with E-state index in [1.807, 2.05) is 0 Å². The fourth-order valence-electron chi connectivity index (χ4n) is 2.57. The van der Waals surface area contributed by atoms with Gasteiger partial charge in [0.15, 0.2) is 0 Å². The summed E-state index contributed by atoms with van der Waals surface area (Å²) in [5.74, 6) is -2.27. The molecule has 0 spiro atoms. The molecular formula is C15H8Cl2F6N4O. The SMILES string of the molecule is O=C(N1Cc2cc(Cl)c(Nc3ncc(C(F)(F)F)c(Cl)n3)cc2C1)C(F)(F)F.